The predicted octanol–water partition coefficient (Wildman–Crippen LogP) is 5.28. The highest BCUT2D eigenvalue weighted by atomic mass is 79.9. The lowest BCUT2D eigenvalue weighted by atomic mass is 9.98. The molecule has 0 spiro atoms. The number of benzene rings is 2. The van der Waals surface area contributed by atoms with Crippen LogP contribution in [-0.4, -0.2) is 0 Å². The maximum Gasteiger partial charge on any atom is 0.416 e. The Kier molecular flexibility index (Phi) is 4.56. The normalized spacial score (nSPS) is 13.3. The highest BCUT2D eigenvalue weighted by Gasteiger charge is 2.30. The SMILES string of the molecule is NC(c1cccc(C(F)(F)F)c1)c1cc(Br)ccc1Br. The molecule has 2 rings (SSSR count). The van der Waals surface area contributed by atoms with Crippen LogP contribution in [0.1, 0.15) is 22.7 Å². The van der Waals surface area contributed by atoms with E-state index in [0.717, 1.165) is 26.6 Å². The first-order valence-corrected chi connectivity index (χ1v) is 7.25. The molecule has 0 heterocycles. The van der Waals surface area contributed by atoms with Crippen molar-refractivity contribution in [2.75, 3.05) is 0 Å². The molecule has 2 aromatic carbocycles. The molecule has 0 bridgehead atoms. The first kappa shape index (κ1) is 15.5. The van der Waals surface area contributed by atoms with E-state index in [2.05, 4.69) is 31.9 Å². The number of rotatable bonds is 2. The van der Waals surface area contributed by atoms with Crippen molar-refractivity contribution in [1.29, 1.82) is 0 Å². The van der Waals surface area contributed by atoms with Crippen LogP contribution in [0.4, 0.5) is 13.2 Å². The zero-order valence-electron chi connectivity index (χ0n) is 10.1. The van der Waals surface area contributed by atoms with Crippen molar-refractivity contribution in [3.8, 4) is 0 Å². The van der Waals surface area contributed by atoms with Crippen LogP contribution in [0, 0.1) is 0 Å². The van der Waals surface area contributed by atoms with Gasteiger partial charge in [0.1, 0.15) is 0 Å². The Morgan fingerprint density at radius 3 is 2.35 bits per heavy atom. The second-order valence-corrected chi connectivity index (χ2v) is 6.04. The van der Waals surface area contributed by atoms with Crippen molar-refractivity contribution in [3.05, 3.63) is 68.1 Å². The van der Waals surface area contributed by atoms with Gasteiger partial charge in [0.25, 0.3) is 0 Å². The van der Waals surface area contributed by atoms with Crippen LogP contribution < -0.4 is 5.73 Å². The Balaban J connectivity index is 2.43. The van der Waals surface area contributed by atoms with Crippen LogP contribution in [0.25, 0.3) is 0 Å². The van der Waals surface area contributed by atoms with Crippen LogP contribution in [0.15, 0.2) is 51.4 Å². The summed E-state index contributed by atoms with van der Waals surface area (Å²) in [4.78, 5) is 0. The number of halogens is 5. The second-order valence-electron chi connectivity index (χ2n) is 4.27. The van der Waals surface area contributed by atoms with E-state index in [1.54, 1.807) is 18.2 Å². The van der Waals surface area contributed by atoms with E-state index in [9.17, 15) is 13.2 Å². The highest BCUT2D eigenvalue weighted by Crippen LogP contribution is 2.33. The van der Waals surface area contributed by atoms with Crippen molar-refractivity contribution in [2.45, 2.75) is 12.2 Å². The third kappa shape index (κ3) is 3.42. The molecule has 0 aromatic heterocycles. The van der Waals surface area contributed by atoms with E-state index in [1.807, 2.05) is 6.07 Å². The van der Waals surface area contributed by atoms with Crippen molar-refractivity contribution in [3.63, 3.8) is 0 Å². The Labute approximate surface area is 131 Å². The number of hydrogen-bond donors (Lipinski definition) is 1. The summed E-state index contributed by atoms with van der Waals surface area (Å²) in [5.74, 6) is 0. The van der Waals surface area contributed by atoms with Gasteiger partial charge in [-0.15, -0.1) is 0 Å². The van der Waals surface area contributed by atoms with Crippen molar-refractivity contribution in [1.82, 2.24) is 0 Å². The first-order chi connectivity index (χ1) is 9.29. The van der Waals surface area contributed by atoms with E-state index in [1.165, 1.54) is 6.07 Å². The monoisotopic (exact) mass is 407 g/mol. The Hall–Kier alpha value is -0.850. The predicted molar refractivity (Wildman–Crippen MR) is 79.3 cm³/mol. The van der Waals surface area contributed by atoms with Crippen LogP contribution in [-0.2, 0) is 6.18 Å². The van der Waals surface area contributed by atoms with E-state index < -0.39 is 17.8 Å². The molecule has 0 saturated heterocycles. The maximum absolute atomic E-state index is 12.7. The van der Waals surface area contributed by atoms with E-state index >= 15 is 0 Å². The lowest BCUT2D eigenvalue weighted by Crippen LogP contribution is -2.14. The van der Waals surface area contributed by atoms with Gasteiger partial charge in [-0.05, 0) is 41.5 Å². The van der Waals surface area contributed by atoms with Crippen molar-refractivity contribution >= 4 is 31.9 Å². The summed E-state index contributed by atoms with van der Waals surface area (Å²) in [6.45, 7) is 0. The van der Waals surface area contributed by atoms with Gasteiger partial charge in [-0.2, -0.15) is 13.2 Å². The Morgan fingerprint density at radius 1 is 1.00 bits per heavy atom. The quantitative estimate of drug-likeness (QED) is 0.718. The smallest absolute Gasteiger partial charge is 0.320 e. The van der Waals surface area contributed by atoms with Gasteiger partial charge in [0.05, 0.1) is 11.6 Å². The van der Waals surface area contributed by atoms with Crippen molar-refractivity contribution in [2.24, 2.45) is 5.73 Å². The average molecular weight is 409 g/mol. The summed E-state index contributed by atoms with van der Waals surface area (Å²) >= 11 is 6.69. The second kappa shape index (κ2) is 5.87. The largest absolute Gasteiger partial charge is 0.416 e. The summed E-state index contributed by atoms with van der Waals surface area (Å²) in [7, 11) is 0. The summed E-state index contributed by atoms with van der Waals surface area (Å²) < 4.78 is 39.7. The summed E-state index contributed by atoms with van der Waals surface area (Å²) in [6.07, 6.45) is -4.37. The standard InChI is InChI=1S/C14H10Br2F3N/c15-10-4-5-12(16)11(7-10)13(20)8-2-1-3-9(6-8)14(17,18)19/h1-7,13H,20H2. The van der Waals surface area contributed by atoms with E-state index in [-0.39, 0.29) is 0 Å². The minimum absolute atomic E-state index is 0.415. The van der Waals surface area contributed by atoms with Gasteiger partial charge >= 0.3 is 6.18 Å². The number of nitrogens with two attached hydrogens (primary N) is 1. The van der Waals surface area contributed by atoms with Gasteiger partial charge < -0.3 is 5.73 Å². The fourth-order valence-electron chi connectivity index (χ4n) is 1.84. The third-order valence-corrected chi connectivity index (χ3v) is 4.08. The van der Waals surface area contributed by atoms with Gasteiger partial charge in [0.2, 0.25) is 0 Å². The molecule has 20 heavy (non-hydrogen) atoms. The summed E-state index contributed by atoms with van der Waals surface area (Å²) in [6, 6.07) is 9.85. The van der Waals surface area contributed by atoms with E-state index in [4.69, 9.17) is 5.73 Å². The molecule has 0 radical (unpaired) electrons. The van der Waals surface area contributed by atoms with E-state index in [0.29, 0.717) is 5.56 Å². The topological polar surface area (TPSA) is 26.0 Å². The summed E-state index contributed by atoms with van der Waals surface area (Å²) in [5.41, 5.74) is 6.52. The zero-order valence-corrected chi connectivity index (χ0v) is 13.3. The van der Waals surface area contributed by atoms with Gasteiger partial charge in [0.15, 0.2) is 0 Å². The molecule has 106 valence electrons. The van der Waals surface area contributed by atoms with Crippen LogP contribution in [0.3, 0.4) is 0 Å². The van der Waals surface area contributed by atoms with Crippen molar-refractivity contribution < 1.29 is 13.2 Å². The molecule has 0 aliphatic heterocycles. The molecule has 2 N–H and O–H groups in total. The summed E-state index contributed by atoms with van der Waals surface area (Å²) in [5, 5.41) is 0. The molecule has 1 nitrogen and oxygen atoms in total. The minimum Gasteiger partial charge on any atom is -0.320 e. The van der Waals surface area contributed by atoms with Gasteiger partial charge in [-0.25, -0.2) is 0 Å². The third-order valence-electron chi connectivity index (χ3n) is 2.87. The zero-order chi connectivity index (χ0) is 14.9. The lowest BCUT2D eigenvalue weighted by molar-refractivity contribution is -0.137. The molecule has 6 heteroatoms. The molecule has 1 atom stereocenters. The molecule has 0 amide bonds. The molecule has 1 unspecified atom stereocenters. The van der Waals surface area contributed by atoms with Crippen LogP contribution in [0.2, 0.25) is 0 Å². The molecular formula is C14H10Br2F3N. The fraction of sp³-hybridized carbons (Fsp3) is 0.143. The molecule has 2 aromatic rings. The van der Waals surface area contributed by atoms with Gasteiger partial charge in [-0.1, -0.05) is 44.0 Å². The van der Waals surface area contributed by atoms with Crippen LogP contribution in [0.5, 0.6) is 0 Å². The lowest BCUT2D eigenvalue weighted by Gasteiger charge is -2.16. The minimum atomic E-state index is -4.37. The number of hydrogen-bond acceptors (Lipinski definition) is 1. The molecule has 0 aliphatic rings. The van der Waals surface area contributed by atoms with Gasteiger partial charge in [0, 0.05) is 8.95 Å². The first-order valence-electron chi connectivity index (χ1n) is 5.66. The average Bonchev–Trinajstić information content (AvgIpc) is 2.40. The highest BCUT2D eigenvalue weighted by molar-refractivity contribution is 9.11. The Bertz CT molecular complexity index is 626. The van der Waals surface area contributed by atoms with Crippen LogP contribution >= 0.6 is 31.9 Å². The maximum atomic E-state index is 12.7. The van der Waals surface area contributed by atoms with Gasteiger partial charge in [-0.3, -0.25) is 0 Å². The fourth-order valence-corrected chi connectivity index (χ4v) is 2.71. The molecule has 0 fully saturated rings. The molecule has 0 saturated carbocycles. The number of alkyl halides is 3. The molecular weight excluding hydrogens is 399 g/mol. The molecule has 0 aliphatic carbocycles. The Morgan fingerprint density at radius 2 is 1.70 bits per heavy atom.